The number of terminal acetylenes is 1. The molecule has 0 aliphatic heterocycles. The zero-order chi connectivity index (χ0) is 20.3. The molecule has 2 aromatic heterocycles. The number of benzene rings is 1. The van der Waals surface area contributed by atoms with Crippen LogP contribution in [0.3, 0.4) is 0 Å². The average molecular weight is 377 g/mol. The monoisotopic (exact) mass is 376 g/mol. The number of hydrogen-bond acceptors (Lipinski definition) is 3. The zero-order valence-corrected chi connectivity index (χ0v) is 16.9. The predicted molar refractivity (Wildman–Crippen MR) is 116 cm³/mol. The van der Waals surface area contributed by atoms with E-state index >= 15 is 0 Å². The highest BCUT2D eigenvalue weighted by atomic mass is 16.5. The van der Waals surface area contributed by atoms with Gasteiger partial charge < -0.3 is 9.30 Å². The number of aryl methyl sites for hydroxylation is 1. The summed E-state index contributed by atoms with van der Waals surface area (Å²) in [5.41, 5.74) is 2.21. The van der Waals surface area contributed by atoms with Crippen molar-refractivity contribution in [2.75, 3.05) is 6.61 Å². The van der Waals surface area contributed by atoms with Crippen LogP contribution >= 0.6 is 0 Å². The van der Waals surface area contributed by atoms with E-state index in [4.69, 9.17) is 4.74 Å². The molecular weight excluding hydrogens is 348 g/mol. The second kappa shape index (κ2) is 8.48. The van der Waals surface area contributed by atoms with Gasteiger partial charge in [0.2, 0.25) is 0 Å². The van der Waals surface area contributed by atoms with E-state index in [1.165, 1.54) is 24.8 Å². The van der Waals surface area contributed by atoms with Crippen LogP contribution in [0.1, 0.15) is 51.0 Å². The summed E-state index contributed by atoms with van der Waals surface area (Å²) in [6.07, 6.45) is 16.1. The quantitative estimate of drug-likeness (QED) is 0.344. The van der Waals surface area contributed by atoms with Gasteiger partial charge in [0.05, 0.1) is 17.5 Å². The molecule has 1 fully saturated rings. The third-order valence-corrected chi connectivity index (χ3v) is 5.34. The molecule has 0 atom stereocenters. The Morgan fingerprint density at radius 2 is 1.96 bits per heavy atom. The minimum Gasteiger partial charge on any atom is -0.493 e. The number of pyridine rings is 2. The zero-order valence-electron chi connectivity index (χ0n) is 16.9. The molecule has 0 spiro atoms. The highest BCUT2D eigenvalue weighted by Crippen LogP contribution is 2.46. The molecule has 0 bridgehead atoms. The van der Waals surface area contributed by atoms with Gasteiger partial charge in [0.25, 0.3) is 5.56 Å². The van der Waals surface area contributed by atoms with Gasteiger partial charge in [0, 0.05) is 30.9 Å². The molecule has 0 radical (unpaired) electrons. The first-order chi connectivity index (χ1) is 13.6. The van der Waals surface area contributed by atoms with Gasteiger partial charge >= 0.3 is 0 Å². The van der Waals surface area contributed by atoms with E-state index in [9.17, 15) is 4.79 Å². The minimum absolute atomic E-state index is 0.00877. The molecule has 0 saturated heterocycles. The van der Waals surface area contributed by atoms with Crippen LogP contribution in [0.15, 0.2) is 35.4 Å². The largest absolute Gasteiger partial charge is 0.493 e. The SMILES string of the molecule is C#C.CC(C)CCCOc1cc2c(cc1C1CC1)c1ccncc1c(=O)n2C. The summed E-state index contributed by atoms with van der Waals surface area (Å²) < 4.78 is 7.90. The van der Waals surface area contributed by atoms with E-state index in [1.807, 2.05) is 13.1 Å². The van der Waals surface area contributed by atoms with Crippen LogP contribution in [0.2, 0.25) is 0 Å². The standard InChI is InChI=1S/C22H26N2O2.C2H2/c1-14(2)5-4-10-26-21-12-20-18(11-17(21)15-6-7-15)16-8-9-23-13-19(16)22(25)24(20)3;1-2/h8-9,11-15H,4-7,10H2,1-3H3;1-2H. The van der Waals surface area contributed by atoms with Gasteiger partial charge in [-0.25, -0.2) is 0 Å². The molecule has 1 aliphatic rings. The minimum atomic E-state index is -0.00877. The number of aromatic nitrogens is 2. The van der Waals surface area contributed by atoms with E-state index < -0.39 is 0 Å². The van der Waals surface area contributed by atoms with Crippen molar-refractivity contribution in [3.63, 3.8) is 0 Å². The number of hydrogen-bond donors (Lipinski definition) is 0. The second-order valence-electron chi connectivity index (χ2n) is 7.85. The third-order valence-electron chi connectivity index (χ3n) is 5.34. The van der Waals surface area contributed by atoms with Crippen LogP contribution in [0.4, 0.5) is 0 Å². The van der Waals surface area contributed by atoms with Crippen LogP contribution in [-0.4, -0.2) is 16.2 Å². The smallest absolute Gasteiger partial charge is 0.260 e. The van der Waals surface area contributed by atoms with Crippen molar-refractivity contribution >= 4 is 21.7 Å². The van der Waals surface area contributed by atoms with Crippen molar-refractivity contribution in [1.29, 1.82) is 0 Å². The van der Waals surface area contributed by atoms with Gasteiger partial charge in [-0.05, 0) is 60.6 Å². The highest BCUT2D eigenvalue weighted by Gasteiger charge is 2.28. The van der Waals surface area contributed by atoms with Gasteiger partial charge in [0.15, 0.2) is 0 Å². The molecular formula is C24H28N2O2. The number of nitrogens with zero attached hydrogens (tertiary/aromatic N) is 2. The topological polar surface area (TPSA) is 44.1 Å². The summed E-state index contributed by atoms with van der Waals surface area (Å²) in [4.78, 5) is 16.8. The highest BCUT2D eigenvalue weighted by molar-refractivity contribution is 6.06. The fourth-order valence-corrected chi connectivity index (χ4v) is 3.68. The van der Waals surface area contributed by atoms with E-state index in [0.717, 1.165) is 35.1 Å². The molecule has 1 aromatic carbocycles. The summed E-state index contributed by atoms with van der Waals surface area (Å²) in [6, 6.07) is 6.26. The van der Waals surface area contributed by atoms with Crippen molar-refractivity contribution in [1.82, 2.24) is 9.55 Å². The van der Waals surface area contributed by atoms with Gasteiger partial charge in [-0.15, -0.1) is 12.8 Å². The summed E-state index contributed by atoms with van der Waals surface area (Å²) in [6.45, 7) is 5.21. The lowest BCUT2D eigenvalue weighted by molar-refractivity contribution is 0.295. The van der Waals surface area contributed by atoms with Crippen LogP contribution in [0.5, 0.6) is 5.75 Å². The third kappa shape index (κ3) is 3.89. The Bertz CT molecular complexity index is 1060. The first-order valence-electron chi connectivity index (χ1n) is 9.92. The molecule has 0 amide bonds. The molecule has 4 heteroatoms. The molecule has 146 valence electrons. The molecule has 0 N–H and O–H groups in total. The maximum Gasteiger partial charge on any atom is 0.260 e. The van der Waals surface area contributed by atoms with Crippen molar-refractivity contribution in [2.45, 2.75) is 45.4 Å². The van der Waals surface area contributed by atoms with E-state index in [1.54, 1.807) is 17.0 Å². The normalized spacial score (nSPS) is 13.5. The Kier molecular flexibility index (Phi) is 6.04. The van der Waals surface area contributed by atoms with Crippen LogP contribution in [0.25, 0.3) is 21.7 Å². The fourth-order valence-electron chi connectivity index (χ4n) is 3.68. The Hall–Kier alpha value is -2.80. The van der Waals surface area contributed by atoms with Crippen molar-refractivity contribution in [2.24, 2.45) is 13.0 Å². The maximum atomic E-state index is 12.7. The number of ether oxygens (including phenoxy) is 1. The number of rotatable bonds is 6. The summed E-state index contributed by atoms with van der Waals surface area (Å²) in [7, 11) is 1.83. The Morgan fingerprint density at radius 3 is 2.64 bits per heavy atom. The maximum absolute atomic E-state index is 12.7. The summed E-state index contributed by atoms with van der Waals surface area (Å²) in [5, 5.41) is 2.77. The Morgan fingerprint density at radius 1 is 1.21 bits per heavy atom. The lowest BCUT2D eigenvalue weighted by atomic mass is 10.0. The molecule has 4 rings (SSSR count). The van der Waals surface area contributed by atoms with E-state index in [0.29, 0.717) is 17.2 Å². The number of fused-ring (bicyclic) bond motifs is 3. The average Bonchev–Trinajstić information content (AvgIpc) is 3.55. The second-order valence-corrected chi connectivity index (χ2v) is 7.85. The van der Waals surface area contributed by atoms with Gasteiger partial charge in [-0.1, -0.05) is 13.8 Å². The van der Waals surface area contributed by atoms with Gasteiger partial charge in [-0.3, -0.25) is 9.78 Å². The fraction of sp³-hybridized carbons (Fsp3) is 0.417. The first-order valence-corrected chi connectivity index (χ1v) is 9.92. The van der Waals surface area contributed by atoms with Crippen molar-refractivity contribution in [3.05, 3.63) is 46.5 Å². The summed E-state index contributed by atoms with van der Waals surface area (Å²) in [5.74, 6) is 2.24. The molecule has 2 heterocycles. The van der Waals surface area contributed by atoms with Crippen LogP contribution in [0, 0.1) is 18.8 Å². The van der Waals surface area contributed by atoms with E-state index in [-0.39, 0.29) is 5.56 Å². The Labute approximate surface area is 166 Å². The molecule has 1 aliphatic carbocycles. The van der Waals surface area contributed by atoms with Gasteiger partial charge in [0.1, 0.15) is 5.75 Å². The first kappa shape index (κ1) is 19.9. The molecule has 0 unspecified atom stereocenters. The summed E-state index contributed by atoms with van der Waals surface area (Å²) >= 11 is 0. The predicted octanol–water partition coefficient (Wildman–Crippen LogP) is 5.03. The molecule has 4 nitrogen and oxygen atoms in total. The molecule has 1 saturated carbocycles. The lowest BCUT2D eigenvalue weighted by Crippen LogP contribution is -2.17. The van der Waals surface area contributed by atoms with Crippen molar-refractivity contribution < 1.29 is 4.74 Å². The van der Waals surface area contributed by atoms with Crippen molar-refractivity contribution in [3.8, 4) is 18.6 Å². The molecule has 3 aromatic rings. The Balaban J connectivity index is 0.00000109. The molecule has 28 heavy (non-hydrogen) atoms. The van der Waals surface area contributed by atoms with Crippen LogP contribution < -0.4 is 10.3 Å². The lowest BCUT2D eigenvalue weighted by Gasteiger charge is -2.16. The van der Waals surface area contributed by atoms with E-state index in [2.05, 4.69) is 43.8 Å². The van der Waals surface area contributed by atoms with Crippen LogP contribution in [-0.2, 0) is 7.05 Å². The van der Waals surface area contributed by atoms with Gasteiger partial charge in [-0.2, -0.15) is 0 Å².